The summed E-state index contributed by atoms with van der Waals surface area (Å²) in [6.07, 6.45) is 5.76. The highest BCUT2D eigenvalue weighted by molar-refractivity contribution is 5.79. The fourth-order valence-corrected chi connectivity index (χ4v) is 3.84. The first-order valence-electron chi connectivity index (χ1n) is 9.01. The number of benzene rings is 1. The molecule has 0 amide bonds. The van der Waals surface area contributed by atoms with Crippen molar-refractivity contribution < 1.29 is 9.84 Å². The van der Waals surface area contributed by atoms with Crippen molar-refractivity contribution in [3.63, 3.8) is 0 Å². The standard InChI is InChI=1S/C19H29N3O2/c1-20-19(22(2)12-14-9-10-24-13-14)21-11-17-16-6-4-3-5-15(16)7-8-18(17)23/h7-8,14,23H,3-6,9-13H2,1-2H3,(H,20,21). The van der Waals surface area contributed by atoms with Gasteiger partial charge in [0, 0.05) is 45.3 Å². The van der Waals surface area contributed by atoms with Gasteiger partial charge in [0.1, 0.15) is 5.75 Å². The van der Waals surface area contributed by atoms with Gasteiger partial charge in [-0.1, -0.05) is 6.07 Å². The van der Waals surface area contributed by atoms with E-state index >= 15 is 0 Å². The van der Waals surface area contributed by atoms with Crippen molar-refractivity contribution in [3.05, 3.63) is 28.8 Å². The van der Waals surface area contributed by atoms with E-state index in [-0.39, 0.29) is 0 Å². The van der Waals surface area contributed by atoms with Crippen LogP contribution in [0.1, 0.15) is 36.0 Å². The Morgan fingerprint density at radius 1 is 1.38 bits per heavy atom. The molecular formula is C19H29N3O2. The molecule has 1 aromatic rings. The van der Waals surface area contributed by atoms with E-state index < -0.39 is 0 Å². The zero-order chi connectivity index (χ0) is 16.9. The molecule has 1 unspecified atom stereocenters. The third-order valence-corrected chi connectivity index (χ3v) is 5.18. The molecule has 132 valence electrons. The molecule has 0 bridgehead atoms. The third-order valence-electron chi connectivity index (χ3n) is 5.18. The molecule has 0 spiro atoms. The number of aliphatic imine (C=N–C) groups is 1. The highest BCUT2D eigenvalue weighted by Crippen LogP contribution is 2.30. The van der Waals surface area contributed by atoms with Crippen molar-refractivity contribution in [1.82, 2.24) is 10.2 Å². The van der Waals surface area contributed by atoms with Gasteiger partial charge in [-0.25, -0.2) is 0 Å². The van der Waals surface area contributed by atoms with Crippen LogP contribution in [0.5, 0.6) is 5.75 Å². The summed E-state index contributed by atoms with van der Waals surface area (Å²) in [6.45, 7) is 3.27. The minimum atomic E-state index is 0.394. The van der Waals surface area contributed by atoms with Crippen LogP contribution in [0.4, 0.5) is 0 Å². The molecule has 24 heavy (non-hydrogen) atoms. The van der Waals surface area contributed by atoms with Crippen molar-refractivity contribution in [3.8, 4) is 5.75 Å². The monoisotopic (exact) mass is 331 g/mol. The van der Waals surface area contributed by atoms with E-state index in [1.807, 2.05) is 13.1 Å². The van der Waals surface area contributed by atoms with E-state index in [4.69, 9.17) is 4.74 Å². The number of phenolic OH excluding ortho intramolecular Hbond substituents is 1. The van der Waals surface area contributed by atoms with Crippen molar-refractivity contribution in [2.24, 2.45) is 10.9 Å². The molecule has 1 heterocycles. The van der Waals surface area contributed by atoms with E-state index in [2.05, 4.69) is 28.3 Å². The van der Waals surface area contributed by atoms with Gasteiger partial charge in [-0.05, 0) is 49.3 Å². The zero-order valence-corrected chi connectivity index (χ0v) is 14.8. The first-order valence-corrected chi connectivity index (χ1v) is 9.01. The Hall–Kier alpha value is -1.75. The maximum absolute atomic E-state index is 10.3. The van der Waals surface area contributed by atoms with Gasteiger partial charge in [-0.3, -0.25) is 4.99 Å². The number of nitrogens with one attached hydrogen (secondary N) is 1. The highest BCUT2D eigenvalue weighted by atomic mass is 16.5. The van der Waals surface area contributed by atoms with Gasteiger partial charge in [0.25, 0.3) is 0 Å². The number of fused-ring (bicyclic) bond motifs is 1. The number of ether oxygens (including phenoxy) is 1. The minimum absolute atomic E-state index is 0.394. The fourth-order valence-electron chi connectivity index (χ4n) is 3.84. The lowest BCUT2D eigenvalue weighted by Gasteiger charge is -2.26. The summed E-state index contributed by atoms with van der Waals surface area (Å²) >= 11 is 0. The maximum Gasteiger partial charge on any atom is 0.193 e. The van der Waals surface area contributed by atoms with Crippen molar-refractivity contribution >= 4 is 5.96 Å². The molecule has 5 nitrogen and oxygen atoms in total. The van der Waals surface area contributed by atoms with Crippen LogP contribution in [0.15, 0.2) is 17.1 Å². The predicted molar refractivity (Wildman–Crippen MR) is 96.5 cm³/mol. The summed E-state index contributed by atoms with van der Waals surface area (Å²) < 4.78 is 5.46. The summed E-state index contributed by atoms with van der Waals surface area (Å²) in [7, 11) is 3.87. The summed E-state index contributed by atoms with van der Waals surface area (Å²) in [5.41, 5.74) is 3.75. The van der Waals surface area contributed by atoms with E-state index in [0.29, 0.717) is 18.2 Å². The maximum atomic E-state index is 10.3. The number of aryl methyl sites for hydroxylation is 1. The fraction of sp³-hybridized carbons (Fsp3) is 0.632. The van der Waals surface area contributed by atoms with E-state index in [0.717, 1.165) is 50.5 Å². The van der Waals surface area contributed by atoms with Crippen molar-refractivity contribution in [1.29, 1.82) is 0 Å². The summed E-state index contributed by atoms with van der Waals surface area (Å²) in [4.78, 5) is 6.55. The van der Waals surface area contributed by atoms with Crippen LogP contribution in [0.25, 0.3) is 0 Å². The number of guanidine groups is 1. The molecule has 0 radical (unpaired) electrons. The number of aromatic hydroxyl groups is 1. The van der Waals surface area contributed by atoms with Crippen molar-refractivity contribution in [2.75, 3.05) is 33.9 Å². The normalized spacial score (nSPS) is 20.8. The van der Waals surface area contributed by atoms with Crippen molar-refractivity contribution in [2.45, 2.75) is 38.6 Å². The number of hydrogen-bond acceptors (Lipinski definition) is 3. The van der Waals surface area contributed by atoms with E-state index in [9.17, 15) is 5.11 Å². The summed E-state index contributed by atoms with van der Waals surface area (Å²) in [5.74, 6) is 1.84. The Bertz CT molecular complexity index is 595. The Labute approximate surface area is 144 Å². The molecule has 3 rings (SSSR count). The first kappa shape index (κ1) is 17.1. The Kier molecular flexibility index (Phi) is 5.61. The third kappa shape index (κ3) is 3.83. The molecule has 1 aromatic carbocycles. The van der Waals surface area contributed by atoms with Crippen LogP contribution in [-0.4, -0.2) is 49.8 Å². The molecule has 2 aliphatic rings. The molecule has 2 N–H and O–H groups in total. The topological polar surface area (TPSA) is 57.1 Å². The number of phenols is 1. The van der Waals surface area contributed by atoms with Gasteiger partial charge in [-0.2, -0.15) is 0 Å². The largest absolute Gasteiger partial charge is 0.508 e. The Morgan fingerprint density at radius 2 is 2.21 bits per heavy atom. The first-order chi connectivity index (χ1) is 11.7. The molecule has 0 saturated carbocycles. The number of hydrogen-bond donors (Lipinski definition) is 2. The number of rotatable bonds is 4. The van der Waals surface area contributed by atoms with Crippen LogP contribution in [-0.2, 0) is 24.1 Å². The molecule has 1 aliphatic carbocycles. The van der Waals surface area contributed by atoms with Crippen LogP contribution in [0.2, 0.25) is 0 Å². The lowest BCUT2D eigenvalue weighted by molar-refractivity contribution is 0.181. The molecule has 1 atom stereocenters. The second-order valence-electron chi connectivity index (χ2n) is 6.92. The zero-order valence-electron chi connectivity index (χ0n) is 14.8. The van der Waals surface area contributed by atoms with E-state index in [1.165, 1.54) is 24.0 Å². The average Bonchev–Trinajstić information content (AvgIpc) is 3.10. The second-order valence-corrected chi connectivity index (χ2v) is 6.92. The SMILES string of the molecule is CN=C(NCc1c(O)ccc2c1CCCC2)N(C)CC1CCOC1. The molecule has 1 saturated heterocycles. The predicted octanol–water partition coefficient (Wildman–Crippen LogP) is 2.31. The summed E-state index contributed by atoms with van der Waals surface area (Å²) in [6, 6.07) is 3.91. The van der Waals surface area contributed by atoms with Gasteiger partial charge in [-0.15, -0.1) is 0 Å². The Balaban J connectivity index is 1.65. The van der Waals surface area contributed by atoms with Gasteiger partial charge in [0.05, 0.1) is 6.61 Å². The van der Waals surface area contributed by atoms with Gasteiger partial charge < -0.3 is 20.1 Å². The highest BCUT2D eigenvalue weighted by Gasteiger charge is 2.20. The summed E-state index contributed by atoms with van der Waals surface area (Å²) in [5, 5.41) is 13.7. The average molecular weight is 331 g/mol. The minimum Gasteiger partial charge on any atom is -0.508 e. The smallest absolute Gasteiger partial charge is 0.193 e. The lowest BCUT2D eigenvalue weighted by Crippen LogP contribution is -2.41. The van der Waals surface area contributed by atoms with Crippen LogP contribution in [0.3, 0.4) is 0 Å². The Morgan fingerprint density at radius 3 is 2.96 bits per heavy atom. The van der Waals surface area contributed by atoms with Crippen LogP contribution in [0, 0.1) is 5.92 Å². The second kappa shape index (κ2) is 7.88. The van der Waals surface area contributed by atoms with Crippen LogP contribution < -0.4 is 5.32 Å². The molecular weight excluding hydrogens is 302 g/mol. The lowest BCUT2D eigenvalue weighted by atomic mass is 9.88. The van der Waals surface area contributed by atoms with Gasteiger partial charge >= 0.3 is 0 Å². The van der Waals surface area contributed by atoms with Gasteiger partial charge in [0.15, 0.2) is 5.96 Å². The molecule has 1 fully saturated rings. The molecule has 1 aliphatic heterocycles. The molecule has 0 aromatic heterocycles. The molecule has 5 heteroatoms. The number of nitrogens with zero attached hydrogens (tertiary/aromatic N) is 2. The van der Waals surface area contributed by atoms with E-state index in [1.54, 1.807) is 0 Å². The quantitative estimate of drug-likeness (QED) is 0.657. The van der Waals surface area contributed by atoms with Gasteiger partial charge in [0.2, 0.25) is 0 Å². The van der Waals surface area contributed by atoms with Crippen LogP contribution >= 0.6 is 0 Å².